The van der Waals surface area contributed by atoms with E-state index in [2.05, 4.69) is 63.0 Å². The number of hydrogen-bond acceptors (Lipinski definition) is 3. The predicted molar refractivity (Wildman–Crippen MR) is 94.4 cm³/mol. The summed E-state index contributed by atoms with van der Waals surface area (Å²) in [6.45, 7) is 13.9. The van der Waals surface area contributed by atoms with Crippen molar-refractivity contribution < 1.29 is 9.53 Å². The highest BCUT2D eigenvalue weighted by Crippen LogP contribution is 2.38. The Morgan fingerprint density at radius 3 is 2.41 bits per heavy atom. The summed E-state index contributed by atoms with van der Waals surface area (Å²) < 4.78 is 6.52. The topological polar surface area (TPSA) is 32.7 Å². The minimum absolute atomic E-state index is 0.147. The molecular formula is C18H31NO2Si. The summed E-state index contributed by atoms with van der Waals surface area (Å²) in [4.78, 5) is 2.32. The molecule has 3 nitrogen and oxygen atoms in total. The fourth-order valence-corrected chi connectivity index (χ4v) is 4.12. The fraction of sp³-hybridized carbons (Fsp3) is 0.667. The quantitative estimate of drug-likeness (QED) is 0.859. The minimum Gasteiger partial charge on any atom is -0.413 e. The van der Waals surface area contributed by atoms with Crippen molar-refractivity contribution in [2.45, 2.75) is 64.1 Å². The molecule has 22 heavy (non-hydrogen) atoms. The summed E-state index contributed by atoms with van der Waals surface area (Å²) in [6, 6.07) is 10.5. The second-order valence-electron chi connectivity index (χ2n) is 8.07. The number of β-amino-alcohol motifs (C(OH)–C–C–N with tert-alkyl or cyclic N) is 1. The molecule has 124 valence electrons. The van der Waals surface area contributed by atoms with E-state index in [-0.39, 0.29) is 17.2 Å². The van der Waals surface area contributed by atoms with Gasteiger partial charge in [-0.1, -0.05) is 51.1 Å². The summed E-state index contributed by atoms with van der Waals surface area (Å²) in [5, 5.41) is 10.4. The van der Waals surface area contributed by atoms with Crippen molar-refractivity contribution in [2.75, 3.05) is 13.1 Å². The van der Waals surface area contributed by atoms with Crippen molar-refractivity contribution in [3.63, 3.8) is 0 Å². The highest BCUT2D eigenvalue weighted by molar-refractivity contribution is 6.74. The first-order valence-corrected chi connectivity index (χ1v) is 11.2. The molecule has 0 radical (unpaired) electrons. The highest BCUT2D eigenvalue weighted by atomic mass is 28.4. The van der Waals surface area contributed by atoms with E-state index in [0.29, 0.717) is 0 Å². The number of likely N-dealkylation sites (tertiary alicyclic amines) is 1. The first-order valence-electron chi connectivity index (χ1n) is 8.29. The number of piperidine rings is 1. The summed E-state index contributed by atoms with van der Waals surface area (Å²) in [5.41, 5.74) is 1.29. The SMILES string of the molecule is CC(C)(C)[Si](C)(C)O[C@@H]1C[C@@H](O)CN(Cc2ccccc2)C1. The van der Waals surface area contributed by atoms with Crippen molar-refractivity contribution in [1.82, 2.24) is 4.90 Å². The summed E-state index contributed by atoms with van der Waals surface area (Å²) in [5.74, 6) is 0. The van der Waals surface area contributed by atoms with Crippen LogP contribution in [0, 0.1) is 0 Å². The van der Waals surface area contributed by atoms with E-state index in [0.717, 1.165) is 26.1 Å². The smallest absolute Gasteiger partial charge is 0.192 e. The molecule has 1 aromatic carbocycles. The van der Waals surface area contributed by atoms with Crippen molar-refractivity contribution in [2.24, 2.45) is 0 Å². The van der Waals surface area contributed by atoms with E-state index < -0.39 is 8.32 Å². The summed E-state index contributed by atoms with van der Waals surface area (Å²) in [6.07, 6.45) is 0.623. The molecule has 2 rings (SSSR count). The Labute approximate surface area is 136 Å². The Morgan fingerprint density at radius 1 is 1.18 bits per heavy atom. The second-order valence-corrected chi connectivity index (χ2v) is 12.8. The zero-order valence-corrected chi connectivity index (χ0v) is 15.7. The Morgan fingerprint density at radius 2 is 1.82 bits per heavy atom. The van der Waals surface area contributed by atoms with Crippen molar-refractivity contribution >= 4 is 8.32 Å². The van der Waals surface area contributed by atoms with Crippen LogP contribution in [0.3, 0.4) is 0 Å². The van der Waals surface area contributed by atoms with Crippen LogP contribution >= 0.6 is 0 Å². The van der Waals surface area contributed by atoms with Gasteiger partial charge in [0.2, 0.25) is 0 Å². The molecule has 0 amide bonds. The van der Waals surface area contributed by atoms with Crippen LogP contribution in [-0.2, 0) is 11.0 Å². The fourth-order valence-electron chi connectivity index (χ4n) is 2.76. The number of hydrogen-bond donors (Lipinski definition) is 1. The first-order chi connectivity index (χ1) is 10.2. The number of rotatable bonds is 4. The molecule has 4 heteroatoms. The van der Waals surface area contributed by atoms with E-state index in [1.54, 1.807) is 0 Å². The Balaban J connectivity index is 1.99. The third-order valence-corrected chi connectivity index (χ3v) is 9.52. The molecule has 0 aromatic heterocycles. The van der Waals surface area contributed by atoms with Gasteiger partial charge in [-0.3, -0.25) is 4.90 Å². The highest BCUT2D eigenvalue weighted by Gasteiger charge is 2.40. The molecule has 0 saturated carbocycles. The molecule has 1 aliphatic heterocycles. The van der Waals surface area contributed by atoms with Crippen molar-refractivity contribution in [3.05, 3.63) is 35.9 Å². The van der Waals surface area contributed by atoms with E-state index >= 15 is 0 Å². The minimum atomic E-state index is -1.78. The Bertz CT molecular complexity index is 470. The largest absolute Gasteiger partial charge is 0.413 e. The number of aliphatic hydroxyl groups is 1. The molecular weight excluding hydrogens is 290 g/mol. The maximum atomic E-state index is 10.2. The van der Waals surface area contributed by atoms with Gasteiger partial charge in [0.05, 0.1) is 12.2 Å². The monoisotopic (exact) mass is 321 g/mol. The molecule has 1 aromatic rings. The van der Waals surface area contributed by atoms with Crippen LogP contribution in [0.25, 0.3) is 0 Å². The third kappa shape index (κ3) is 4.65. The molecule has 1 saturated heterocycles. The van der Waals surface area contributed by atoms with Gasteiger partial charge < -0.3 is 9.53 Å². The van der Waals surface area contributed by atoms with Crippen LogP contribution in [0.15, 0.2) is 30.3 Å². The third-order valence-electron chi connectivity index (χ3n) is 4.98. The van der Waals surface area contributed by atoms with E-state index in [4.69, 9.17) is 4.43 Å². The number of nitrogens with zero attached hydrogens (tertiary/aromatic N) is 1. The molecule has 2 atom stereocenters. The number of benzene rings is 1. The lowest BCUT2D eigenvalue weighted by molar-refractivity contribution is -0.00567. The van der Waals surface area contributed by atoms with Gasteiger partial charge in [0.25, 0.3) is 0 Å². The van der Waals surface area contributed by atoms with Gasteiger partial charge in [0.1, 0.15) is 0 Å². The first kappa shape index (κ1) is 17.7. The molecule has 1 N–H and O–H groups in total. The lowest BCUT2D eigenvalue weighted by atomic mass is 10.0. The van der Waals surface area contributed by atoms with Crippen LogP contribution in [0.5, 0.6) is 0 Å². The molecule has 1 heterocycles. The van der Waals surface area contributed by atoms with E-state index in [1.165, 1.54) is 5.56 Å². The van der Waals surface area contributed by atoms with Crippen LogP contribution in [0.2, 0.25) is 18.1 Å². The second kappa shape index (κ2) is 6.83. The van der Waals surface area contributed by atoms with Crippen molar-refractivity contribution in [1.29, 1.82) is 0 Å². The zero-order chi connectivity index (χ0) is 16.4. The van der Waals surface area contributed by atoms with Gasteiger partial charge in [-0.25, -0.2) is 0 Å². The molecule has 1 aliphatic rings. The number of aliphatic hydroxyl groups excluding tert-OH is 1. The maximum Gasteiger partial charge on any atom is 0.192 e. The van der Waals surface area contributed by atoms with Crippen molar-refractivity contribution in [3.8, 4) is 0 Å². The average Bonchev–Trinajstić information content (AvgIpc) is 2.37. The molecule has 0 spiro atoms. The molecule has 0 bridgehead atoms. The van der Waals surface area contributed by atoms with Gasteiger partial charge in [-0.05, 0) is 23.7 Å². The van der Waals surface area contributed by atoms with Gasteiger partial charge >= 0.3 is 0 Å². The Kier molecular flexibility index (Phi) is 5.48. The lowest BCUT2D eigenvalue weighted by Crippen LogP contribution is -2.52. The predicted octanol–water partition coefficient (Wildman–Crippen LogP) is 3.64. The van der Waals surface area contributed by atoms with Gasteiger partial charge in [-0.2, -0.15) is 0 Å². The zero-order valence-electron chi connectivity index (χ0n) is 14.7. The van der Waals surface area contributed by atoms with Crippen LogP contribution < -0.4 is 0 Å². The average molecular weight is 322 g/mol. The molecule has 0 aliphatic carbocycles. The van der Waals surface area contributed by atoms with Gasteiger partial charge in [0.15, 0.2) is 8.32 Å². The standard InChI is InChI=1S/C18H31NO2Si/c1-18(2,3)22(4,5)21-17-11-16(20)13-19(14-17)12-15-9-7-6-8-10-15/h6-10,16-17,20H,11-14H2,1-5H3/t16-,17-/m1/s1. The van der Waals surface area contributed by atoms with Gasteiger partial charge in [0, 0.05) is 26.1 Å². The summed E-state index contributed by atoms with van der Waals surface area (Å²) >= 11 is 0. The normalized spacial score (nSPS) is 24.5. The molecule has 1 fully saturated rings. The van der Waals surface area contributed by atoms with E-state index in [9.17, 15) is 5.11 Å². The Hall–Kier alpha value is -0.683. The summed E-state index contributed by atoms with van der Waals surface area (Å²) in [7, 11) is -1.78. The van der Waals surface area contributed by atoms with Gasteiger partial charge in [-0.15, -0.1) is 0 Å². The van der Waals surface area contributed by atoms with E-state index in [1.807, 2.05) is 6.07 Å². The lowest BCUT2D eigenvalue weighted by Gasteiger charge is -2.43. The maximum absolute atomic E-state index is 10.2. The molecule has 0 unspecified atom stereocenters. The van der Waals surface area contributed by atoms with Crippen LogP contribution in [-0.4, -0.2) is 43.6 Å². The van der Waals surface area contributed by atoms with Crippen LogP contribution in [0.4, 0.5) is 0 Å². The van der Waals surface area contributed by atoms with Crippen LogP contribution in [0.1, 0.15) is 32.8 Å².